The summed E-state index contributed by atoms with van der Waals surface area (Å²) in [6.07, 6.45) is 11.9. The molecule has 3 spiro atoms. The summed E-state index contributed by atoms with van der Waals surface area (Å²) in [5.41, 5.74) is 11.5. The Morgan fingerprint density at radius 1 is 0.564 bits per heavy atom. The molecule has 20 nitrogen and oxygen atoms in total. The number of rotatable bonds is 8. The van der Waals surface area contributed by atoms with Crippen LogP contribution in [-0.2, 0) is 35.4 Å². The van der Waals surface area contributed by atoms with Crippen LogP contribution in [0.15, 0.2) is 115 Å². The second-order valence-electron chi connectivity index (χ2n) is 29.5. The smallest absolute Gasteiger partial charge is 0.409 e. The topological polar surface area (TPSA) is 182 Å². The molecule has 0 bridgehead atoms. The van der Waals surface area contributed by atoms with E-state index in [2.05, 4.69) is 77.6 Å². The first-order chi connectivity index (χ1) is 48.7. The van der Waals surface area contributed by atoms with Crippen LogP contribution in [0.25, 0.3) is 11.1 Å². The molecule has 0 unspecified atom stereocenters. The maximum absolute atomic E-state index is 14.2. The van der Waals surface area contributed by atoms with Gasteiger partial charge in [-0.2, -0.15) is 0 Å². The number of carbonyl (C=O) groups excluding carboxylic acids is 6. The third-order valence-electron chi connectivity index (χ3n) is 23.4. The molecule has 538 valence electrons. The van der Waals surface area contributed by atoms with Gasteiger partial charge in [0.15, 0.2) is 0 Å². The SMILES string of the molecule is CC(=O)N1CC2(CCN(C3CCN(c4nncs4)CC3)CC2)c2ccccc21.CCOC(=O)N1CCC(N2CCC3(CC2)CN(C(C)=O)c2c(-c4ccc(NC(C)=O)cc4)cccc23)CC1.CN(C)C(=O)N1CC2(CCN(C3CCN(C(=O)c4cccc(F)c4)CC3)CC2)c2cc(F)ccc21.[HH]. The number of halogens is 2. The zero-order valence-corrected chi connectivity index (χ0v) is 60.2. The molecular formula is C78H99F2N13O7S. The van der Waals surface area contributed by atoms with Gasteiger partial charge < -0.3 is 54.2 Å². The van der Waals surface area contributed by atoms with Gasteiger partial charge in [0.2, 0.25) is 22.9 Å². The average molecular weight is 1400 g/mol. The van der Waals surface area contributed by atoms with Crippen molar-refractivity contribution in [3.05, 3.63) is 149 Å². The second-order valence-corrected chi connectivity index (χ2v) is 30.3. The number of ether oxygens (including phenoxy) is 1. The number of hydrogen-bond donors (Lipinski definition) is 1. The molecule has 10 heterocycles. The van der Waals surface area contributed by atoms with Gasteiger partial charge in [-0.25, -0.2) is 18.4 Å². The van der Waals surface area contributed by atoms with E-state index in [9.17, 15) is 37.5 Å². The Labute approximate surface area is 598 Å². The monoisotopic (exact) mass is 1400 g/mol. The number of hydrogen-bond acceptors (Lipinski definition) is 14. The minimum atomic E-state index is -0.396. The van der Waals surface area contributed by atoms with Crippen molar-refractivity contribution in [1.29, 1.82) is 0 Å². The molecule has 101 heavy (non-hydrogen) atoms. The van der Waals surface area contributed by atoms with Gasteiger partial charge >= 0.3 is 12.1 Å². The Balaban J connectivity index is 0.000000145. The van der Waals surface area contributed by atoms with Gasteiger partial charge in [0.25, 0.3) is 5.91 Å². The Kier molecular flexibility index (Phi) is 21.3. The van der Waals surface area contributed by atoms with Crippen molar-refractivity contribution >= 4 is 75.0 Å². The first-order valence-electron chi connectivity index (χ1n) is 36.4. The van der Waals surface area contributed by atoms with Crippen molar-refractivity contribution in [2.75, 3.05) is 144 Å². The minimum Gasteiger partial charge on any atom is -0.450 e. The molecule has 0 atom stereocenters. The maximum atomic E-state index is 14.2. The number of para-hydroxylation sites is 2. The number of anilines is 5. The highest BCUT2D eigenvalue weighted by Gasteiger charge is 2.51. The lowest BCUT2D eigenvalue weighted by molar-refractivity contribution is -0.117. The summed E-state index contributed by atoms with van der Waals surface area (Å²) in [4.78, 5) is 95.3. The molecule has 23 heteroatoms. The van der Waals surface area contributed by atoms with Crippen molar-refractivity contribution in [3.63, 3.8) is 0 Å². The third-order valence-corrected chi connectivity index (χ3v) is 24.2. The van der Waals surface area contributed by atoms with Crippen molar-refractivity contribution in [3.8, 4) is 11.1 Å². The molecule has 9 aliphatic heterocycles. The normalized spacial score (nSPS) is 20.6. The third kappa shape index (κ3) is 14.8. The van der Waals surface area contributed by atoms with Crippen LogP contribution >= 0.6 is 11.3 Å². The van der Waals surface area contributed by atoms with E-state index in [1.165, 1.54) is 49.1 Å². The van der Waals surface area contributed by atoms with Crippen LogP contribution in [0.2, 0.25) is 0 Å². The van der Waals surface area contributed by atoms with E-state index in [1.54, 1.807) is 73.3 Å². The molecule has 15 rings (SSSR count). The molecule has 6 fully saturated rings. The van der Waals surface area contributed by atoms with Crippen molar-refractivity contribution in [1.82, 2.24) is 39.6 Å². The first-order valence-corrected chi connectivity index (χ1v) is 37.3. The van der Waals surface area contributed by atoms with Gasteiger partial charge in [-0.3, -0.25) is 24.1 Å². The highest BCUT2D eigenvalue weighted by molar-refractivity contribution is 7.13. The standard InChI is InChI=1S/C30H38N4O4.C27H32F2N4O2.C21H27N5OS.H2/c1-4-38-29(37)33-16-12-25(13-17-33)32-18-14-30(15-19-32)20-34(22(3)36)28-26(6-5-7-27(28)30)23-8-10-24(11-9-23)31-21(2)35;1-30(2)26(35)33-18-27(23-17-21(29)6-7-24(23)33)10-14-31(15-11-27)22-8-12-32(13-9-22)25(34)19-4-3-5-20(28)16-19;1-16(27)26-14-21(18-4-2-3-5-19(18)26)8-12-24(13-9-21)17-6-10-25(11-7-17)20-23-22-15-28-20;/h5-11,25H,4,12-20H2,1-3H3,(H,31,35);3-7,16-17,22H,8-15,18H2,1-2H3;2-5,15,17H,6-14H2,1H3;1H. The molecule has 0 aliphatic carbocycles. The van der Waals surface area contributed by atoms with E-state index in [-0.39, 0.29) is 59.2 Å². The minimum absolute atomic E-state index is 0. The predicted molar refractivity (Wildman–Crippen MR) is 393 cm³/mol. The summed E-state index contributed by atoms with van der Waals surface area (Å²) in [5, 5.41) is 12.1. The number of carbonyl (C=O) groups is 6. The number of amides is 7. The van der Waals surface area contributed by atoms with Crippen molar-refractivity contribution in [2.24, 2.45) is 0 Å². The number of benzene rings is 5. The zero-order chi connectivity index (χ0) is 70.7. The van der Waals surface area contributed by atoms with E-state index in [0.29, 0.717) is 56.5 Å². The van der Waals surface area contributed by atoms with E-state index >= 15 is 0 Å². The molecule has 7 amide bonds. The summed E-state index contributed by atoms with van der Waals surface area (Å²) in [6, 6.07) is 34.9. The van der Waals surface area contributed by atoms with E-state index in [4.69, 9.17) is 4.74 Å². The Morgan fingerprint density at radius 3 is 1.63 bits per heavy atom. The molecule has 1 N–H and O–H groups in total. The molecule has 9 aliphatic rings. The molecule has 5 aromatic carbocycles. The van der Waals surface area contributed by atoms with E-state index < -0.39 is 5.82 Å². The van der Waals surface area contributed by atoms with Gasteiger partial charge in [-0.05, 0) is 200 Å². The van der Waals surface area contributed by atoms with E-state index in [1.807, 2.05) is 56.3 Å². The summed E-state index contributed by atoms with van der Waals surface area (Å²) in [5.74, 6) is -0.642. The van der Waals surface area contributed by atoms with Crippen LogP contribution < -0.4 is 24.9 Å². The highest BCUT2D eigenvalue weighted by atomic mass is 32.1. The highest BCUT2D eigenvalue weighted by Crippen LogP contribution is 2.53. The van der Waals surface area contributed by atoms with Crippen LogP contribution in [-0.4, -0.2) is 212 Å². The molecule has 1 aromatic heterocycles. The molecule has 0 saturated carbocycles. The number of nitrogens with one attached hydrogen (secondary N) is 1. The number of aromatic nitrogens is 2. The van der Waals surface area contributed by atoms with Crippen LogP contribution in [0.4, 0.5) is 46.3 Å². The van der Waals surface area contributed by atoms with E-state index in [0.717, 1.165) is 181 Å². The molecule has 0 radical (unpaired) electrons. The molecule has 6 aromatic rings. The number of likely N-dealkylation sites (tertiary alicyclic amines) is 5. The number of fused-ring (bicyclic) bond motifs is 6. The Morgan fingerprint density at radius 2 is 1.08 bits per heavy atom. The van der Waals surface area contributed by atoms with Gasteiger partial charge in [0.1, 0.15) is 17.1 Å². The van der Waals surface area contributed by atoms with Crippen LogP contribution in [0.3, 0.4) is 0 Å². The second kappa shape index (κ2) is 30.3. The van der Waals surface area contributed by atoms with Crippen LogP contribution in [0, 0.1) is 11.6 Å². The molecule has 6 saturated heterocycles. The lowest BCUT2D eigenvalue weighted by Crippen LogP contribution is -2.52. The summed E-state index contributed by atoms with van der Waals surface area (Å²) < 4.78 is 32.9. The summed E-state index contributed by atoms with van der Waals surface area (Å²) in [7, 11) is 3.48. The zero-order valence-electron chi connectivity index (χ0n) is 59.4. The van der Waals surface area contributed by atoms with Gasteiger partial charge in [-0.1, -0.05) is 65.9 Å². The fourth-order valence-electron chi connectivity index (χ4n) is 18.0. The summed E-state index contributed by atoms with van der Waals surface area (Å²) in [6.45, 7) is 20.2. The Hall–Kier alpha value is -8.38. The largest absolute Gasteiger partial charge is 0.450 e. The van der Waals surface area contributed by atoms with Gasteiger partial charge in [0, 0.05) is 158 Å². The van der Waals surface area contributed by atoms with Gasteiger partial charge in [-0.15, -0.1) is 10.2 Å². The number of piperidine rings is 6. The predicted octanol–water partition coefficient (Wildman–Crippen LogP) is 11.9. The van der Waals surface area contributed by atoms with Crippen LogP contribution in [0.5, 0.6) is 0 Å². The quantitative estimate of drug-likeness (QED) is 0.152. The first kappa shape index (κ1) is 71.0. The Bertz CT molecular complexity index is 3970. The van der Waals surface area contributed by atoms with Gasteiger partial charge in [0.05, 0.1) is 12.3 Å². The number of urea groups is 1. The summed E-state index contributed by atoms with van der Waals surface area (Å²) >= 11 is 1.63. The van der Waals surface area contributed by atoms with Crippen LogP contribution in [0.1, 0.15) is 133 Å². The molecular weight excluding hydrogens is 1300 g/mol. The number of nitrogens with zero attached hydrogens (tertiary/aromatic N) is 12. The fraction of sp³-hybridized carbons (Fsp3) is 0.513. The lowest BCUT2D eigenvalue weighted by Gasteiger charge is -2.45. The fourth-order valence-corrected chi connectivity index (χ4v) is 18.6. The van der Waals surface area contributed by atoms with Crippen molar-refractivity contribution < 1.29 is 43.7 Å². The average Bonchev–Trinajstić information content (AvgIpc) is 1.59. The lowest BCUT2D eigenvalue weighted by atomic mass is 9.73. The maximum Gasteiger partial charge on any atom is 0.409 e. The van der Waals surface area contributed by atoms with Crippen molar-refractivity contribution in [2.45, 2.75) is 139 Å².